The molecular weight excluding hydrogens is 448 g/mol. The fourth-order valence-corrected chi connectivity index (χ4v) is 5.75. The number of thioether (sulfide) groups is 2. The molecule has 30 heavy (non-hydrogen) atoms. The third-order valence-electron chi connectivity index (χ3n) is 4.32. The minimum atomic E-state index is -1.11. The molecule has 0 saturated carbocycles. The first-order valence-electron chi connectivity index (χ1n) is 9.14. The average molecular weight is 467 g/mol. The van der Waals surface area contributed by atoms with Crippen LogP contribution in [0.2, 0.25) is 5.02 Å². The molecule has 0 aliphatic carbocycles. The summed E-state index contributed by atoms with van der Waals surface area (Å²) in [6.07, 6.45) is 0.0922. The Balaban J connectivity index is 1.60. The molecule has 1 aliphatic rings. The highest BCUT2D eigenvalue weighted by molar-refractivity contribution is 8.16. The number of nitrogens with zero attached hydrogens (tertiary/aromatic N) is 1. The van der Waals surface area contributed by atoms with Gasteiger partial charge >= 0.3 is 5.97 Å². The molecule has 1 fully saturated rings. The Bertz CT molecular complexity index is 949. The molecule has 0 aromatic heterocycles. The van der Waals surface area contributed by atoms with Gasteiger partial charge in [0.25, 0.3) is 11.6 Å². The number of non-ortho nitro benzene ring substituents is 1. The first-order chi connectivity index (χ1) is 14.3. The largest absolute Gasteiger partial charge is 0.449 e. The van der Waals surface area contributed by atoms with Crippen molar-refractivity contribution in [2.45, 2.75) is 24.0 Å². The SMILES string of the molecule is CC(OC(=O)c1ccc(C2SCCCS2)cc1)C(=O)Nc1cc([N+](=O)[O-])ccc1Cl. The lowest BCUT2D eigenvalue weighted by molar-refractivity contribution is -0.384. The van der Waals surface area contributed by atoms with Gasteiger partial charge in [-0.05, 0) is 48.6 Å². The average Bonchev–Trinajstić information content (AvgIpc) is 2.75. The van der Waals surface area contributed by atoms with Gasteiger partial charge in [0, 0.05) is 12.1 Å². The Morgan fingerprint density at radius 1 is 1.20 bits per heavy atom. The fourth-order valence-electron chi connectivity index (χ4n) is 2.70. The maximum absolute atomic E-state index is 12.4. The van der Waals surface area contributed by atoms with Crippen molar-refractivity contribution >= 4 is 58.4 Å². The molecule has 1 unspecified atom stereocenters. The number of ether oxygens (including phenoxy) is 1. The highest BCUT2D eigenvalue weighted by Crippen LogP contribution is 2.43. The molecule has 1 heterocycles. The van der Waals surface area contributed by atoms with E-state index in [2.05, 4.69) is 5.32 Å². The highest BCUT2D eigenvalue weighted by Gasteiger charge is 2.22. The number of carbonyl (C=O) groups excluding carboxylic acids is 2. The van der Waals surface area contributed by atoms with E-state index < -0.39 is 22.9 Å². The first kappa shape index (κ1) is 22.5. The topological polar surface area (TPSA) is 98.5 Å². The summed E-state index contributed by atoms with van der Waals surface area (Å²) >= 11 is 9.76. The number of benzene rings is 2. The molecule has 158 valence electrons. The van der Waals surface area contributed by atoms with Crippen molar-refractivity contribution in [1.82, 2.24) is 0 Å². The number of halogens is 1. The van der Waals surface area contributed by atoms with E-state index in [0.29, 0.717) is 10.1 Å². The predicted molar refractivity (Wildman–Crippen MR) is 120 cm³/mol. The quantitative estimate of drug-likeness (QED) is 0.350. The van der Waals surface area contributed by atoms with Crippen molar-refractivity contribution in [2.75, 3.05) is 16.8 Å². The molecule has 0 radical (unpaired) electrons. The minimum absolute atomic E-state index is 0.0746. The summed E-state index contributed by atoms with van der Waals surface area (Å²) in [5.41, 5.74) is 1.35. The highest BCUT2D eigenvalue weighted by atomic mass is 35.5. The van der Waals surface area contributed by atoms with E-state index in [9.17, 15) is 19.7 Å². The summed E-state index contributed by atoms with van der Waals surface area (Å²) in [4.78, 5) is 35.0. The van der Waals surface area contributed by atoms with Crippen LogP contribution in [0.3, 0.4) is 0 Å². The zero-order valence-corrected chi connectivity index (χ0v) is 18.4. The van der Waals surface area contributed by atoms with Gasteiger partial charge in [-0.2, -0.15) is 0 Å². The van der Waals surface area contributed by atoms with Crippen LogP contribution in [0.4, 0.5) is 11.4 Å². The fraction of sp³-hybridized carbons (Fsp3) is 0.300. The van der Waals surface area contributed by atoms with Crippen LogP contribution >= 0.6 is 35.1 Å². The van der Waals surface area contributed by atoms with Gasteiger partial charge in [-0.1, -0.05) is 23.7 Å². The molecule has 10 heteroatoms. The van der Waals surface area contributed by atoms with Crippen molar-refractivity contribution in [3.05, 3.63) is 68.7 Å². The van der Waals surface area contributed by atoms with Crippen molar-refractivity contribution < 1.29 is 19.2 Å². The Hall–Kier alpha value is -2.23. The summed E-state index contributed by atoms with van der Waals surface area (Å²) < 4.78 is 5.60. The van der Waals surface area contributed by atoms with Crippen LogP contribution < -0.4 is 5.32 Å². The molecule has 1 atom stereocenters. The van der Waals surface area contributed by atoms with E-state index in [1.165, 1.54) is 25.5 Å². The smallest absolute Gasteiger partial charge is 0.338 e. The molecule has 3 rings (SSSR count). The standard InChI is InChI=1S/C20H19ClN2O5S2/c1-12(18(24)22-17-11-15(23(26)27)7-8-16(17)21)28-19(25)13-3-5-14(6-4-13)20-29-9-2-10-30-20/h3-8,11-12,20H,2,9-10H2,1H3,(H,22,24). The van der Waals surface area contributed by atoms with Crippen LogP contribution in [0.15, 0.2) is 42.5 Å². The summed E-state index contributed by atoms with van der Waals surface area (Å²) in [5, 5.41) is 13.5. The maximum Gasteiger partial charge on any atom is 0.338 e. The molecule has 0 spiro atoms. The Morgan fingerprint density at radius 2 is 1.87 bits per heavy atom. The van der Waals surface area contributed by atoms with Gasteiger partial charge in [0.1, 0.15) is 0 Å². The van der Waals surface area contributed by atoms with E-state index in [1.807, 2.05) is 35.7 Å². The van der Waals surface area contributed by atoms with Gasteiger partial charge in [-0.3, -0.25) is 14.9 Å². The van der Waals surface area contributed by atoms with Crippen LogP contribution in [-0.4, -0.2) is 34.4 Å². The van der Waals surface area contributed by atoms with Gasteiger partial charge in [0.2, 0.25) is 0 Å². The lowest BCUT2D eigenvalue weighted by Gasteiger charge is -2.21. The normalized spacial score (nSPS) is 15.3. The molecule has 2 aromatic rings. The maximum atomic E-state index is 12.4. The van der Waals surface area contributed by atoms with Crippen LogP contribution in [0.25, 0.3) is 0 Å². The molecule has 1 N–H and O–H groups in total. The van der Waals surface area contributed by atoms with Crippen molar-refractivity contribution in [3.63, 3.8) is 0 Å². The molecule has 1 aliphatic heterocycles. The van der Waals surface area contributed by atoms with E-state index in [1.54, 1.807) is 12.1 Å². The number of esters is 1. The minimum Gasteiger partial charge on any atom is -0.449 e. The Kier molecular flexibility index (Phi) is 7.63. The van der Waals surface area contributed by atoms with Crippen LogP contribution in [0.5, 0.6) is 0 Å². The zero-order valence-electron chi connectivity index (χ0n) is 16.0. The van der Waals surface area contributed by atoms with Crippen LogP contribution in [-0.2, 0) is 9.53 Å². The number of nitrogens with one attached hydrogen (secondary N) is 1. The van der Waals surface area contributed by atoms with Crippen LogP contribution in [0.1, 0.15) is 33.8 Å². The summed E-state index contributed by atoms with van der Waals surface area (Å²) in [6.45, 7) is 1.42. The lowest BCUT2D eigenvalue weighted by Crippen LogP contribution is -2.30. The van der Waals surface area contributed by atoms with Crippen LogP contribution in [0, 0.1) is 10.1 Å². The number of anilines is 1. The number of carbonyl (C=O) groups is 2. The molecule has 1 saturated heterocycles. The lowest BCUT2D eigenvalue weighted by atomic mass is 10.1. The molecule has 0 bridgehead atoms. The van der Waals surface area contributed by atoms with Crippen molar-refractivity contribution in [3.8, 4) is 0 Å². The van der Waals surface area contributed by atoms with Gasteiger partial charge in [0.15, 0.2) is 6.10 Å². The Labute approximate surface area is 187 Å². The number of hydrogen-bond donors (Lipinski definition) is 1. The second kappa shape index (κ2) is 10.2. The van der Waals surface area contributed by atoms with E-state index in [-0.39, 0.29) is 16.4 Å². The molecule has 7 nitrogen and oxygen atoms in total. The molecule has 1 amide bonds. The van der Waals surface area contributed by atoms with Gasteiger partial charge in [-0.25, -0.2) is 4.79 Å². The van der Waals surface area contributed by atoms with E-state index in [4.69, 9.17) is 16.3 Å². The first-order valence-corrected chi connectivity index (χ1v) is 11.6. The monoisotopic (exact) mass is 466 g/mol. The number of nitro benzene ring substituents is 1. The second-order valence-corrected chi connectivity index (χ2v) is 9.64. The number of hydrogen-bond acceptors (Lipinski definition) is 7. The van der Waals surface area contributed by atoms with E-state index >= 15 is 0 Å². The number of rotatable bonds is 6. The third kappa shape index (κ3) is 5.68. The van der Waals surface area contributed by atoms with Gasteiger partial charge in [-0.15, -0.1) is 23.5 Å². The summed E-state index contributed by atoms with van der Waals surface area (Å²) in [7, 11) is 0. The molecular formula is C20H19ClN2O5S2. The predicted octanol–water partition coefficient (Wildman–Crippen LogP) is 5.30. The summed E-state index contributed by atoms with van der Waals surface area (Å²) in [5.74, 6) is 0.987. The Morgan fingerprint density at radius 3 is 2.50 bits per heavy atom. The van der Waals surface area contributed by atoms with Gasteiger partial charge in [0.05, 0.1) is 25.8 Å². The van der Waals surface area contributed by atoms with Crippen molar-refractivity contribution in [1.29, 1.82) is 0 Å². The van der Waals surface area contributed by atoms with Gasteiger partial charge < -0.3 is 10.1 Å². The number of nitro groups is 1. The number of amides is 1. The summed E-state index contributed by atoms with van der Waals surface area (Å²) in [6, 6.07) is 10.9. The third-order valence-corrected chi connectivity index (χ3v) is 7.66. The zero-order chi connectivity index (χ0) is 21.7. The van der Waals surface area contributed by atoms with Crippen molar-refractivity contribution in [2.24, 2.45) is 0 Å². The van der Waals surface area contributed by atoms with E-state index in [0.717, 1.165) is 23.1 Å². The second-order valence-electron chi connectivity index (χ2n) is 6.51. The molecule has 2 aromatic carbocycles.